The van der Waals surface area contributed by atoms with Crippen molar-refractivity contribution in [1.29, 1.82) is 0 Å². The molecule has 1 amide bonds. The van der Waals surface area contributed by atoms with Crippen LogP contribution in [0.25, 0.3) is 11.6 Å². The SMILES string of the molecule is CN(C)C(=O)Cn1cc(-c2nc(Cc3ccccc3Cl)no2)nn1. The van der Waals surface area contributed by atoms with Gasteiger partial charge in [-0.25, -0.2) is 4.68 Å². The molecule has 0 spiro atoms. The number of amides is 1. The van der Waals surface area contributed by atoms with Crippen molar-refractivity contribution in [2.24, 2.45) is 0 Å². The van der Waals surface area contributed by atoms with E-state index in [1.54, 1.807) is 20.3 Å². The van der Waals surface area contributed by atoms with E-state index in [-0.39, 0.29) is 18.3 Å². The highest BCUT2D eigenvalue weighted by molar-refractivity contribution is 6.31. The second-order valence-electron chi connectivity index (χ2n) is 5.37. The highest BCUT2D eigenvalue weighted by Gasteiger charge is 2.15. The van der Waals surface area contributed by atoms with Gasteiger partial charge in [0.25, 0.3) is 5.89 Å². The van der Waals surface area contributed by atoms with Gasteiger partial charge in [0.05, 0.1) is 6.20 Å². The molecule has 3 aromatic rings. The number of likely N-dealkylation sites (N-methyl/N-ethyl adjacent to an activating group) is 1. The molecule has 9 heteroatoms. The number of benzene rings is 1. The molecule has 0 bridgehead atoms. The van der Waals surface area contributed by atoms with E-state index in [4.69, 9.17) is 16.1 Å². The Morgan fingerprint density at radius 1 is 1.33 bits per heavy atom. The zero-order valence-electron chi connectivity index (χ0n) is 13.2. The van der Waals surface area contributed by atoms with Crippen molar-refractivity contribution >= 4 is 17.5 Å². The fourth-order valence-electron chi connectivity index (χ4n) is 2.00. The van der Waals surface area contributed by atoms with E-state index in [1.165, 1.54) is 9.58 Å². The van der Waals surface area contributed by atoms with Gasteiger partial charge in [-0.1, -0.05) is 40.2 Å². The quantitative estimate of drug-likeness (QED) is 0.698. The summed E-state index contributed by atoms with van der Waals surface area (Å²) in [5, 5.41) is 12.4. The molecular formula is C15H15ClN6O2. The molecule has 0 radical (unpaired) electrons. The molecule has 0 saturated heterocycles. The second-order valence-corrected chi connectivity index (χ2v) is 5.78. The van der Waals surface area contributed by atoms with Gasteiger partial charge in [-0.2, -0.15) is 4.98 Å². The van der Waals surface area contributed by atoms with Gasteiger partial charge in [0.1, 0.15) is 6.54 Å². The van der Waals surface area contributed by atoms with Crippen molar-refractivity contribution in [3.63, 3.8) is 0 Å². The van der Waals surface area contributed by atoms with Crippen LogP contribution in [0.4, 0.5) is 0 Å². The zero-order valence-corrected chi connectivity index (χ0v) is 13.9. The smallest absolute Gasteiger partial charge is 0.280 e. The fraction of sp³-hybridized carbons (Fsp3) is 0.267. The Hall–Kier alpha value is -2.74. The highest BCUT2D eigenvalue weighted by Crippen LogP contribution is 2.19. The van der Waals surface area contributed by atoms with Crippen molar-refractivity contribution in [3.05, 3.63) is 46.9 Å². The predicted octanol–water partition coefficient (Wildman–Crippen LogP) is 1.66. The van der Waals surface area contributed by atoms with Crippen LogP contribution in [0.3, 0.4) is 0 Å². The van der Waals surface area contributed by atoms with Gasteiger partial charge in [-0.15, -0.1) is 5.10 Å². The molecule has 3 rings (SSSR count). The summed E-state index contributed by atoms with van der Waals surface area (Å²) in [6, 6.07) is 7.48. The second kappa shape index (κ2) is 6.79. The molecule has 0 aliphatic carbocycles. The lowest BCUT2D eigenvalue weighted by Crippen LogP contribution is -2.26. The zero-order chi connectivity index (χ0) is 17.1. The van der Waals surface area contributed by atoms with Gasteiger partial charge in [0.2, 0.25) is 5.91 Å². The average Bonchev–Trinajstić information content (AvgIpc) is 3.18. The van der Waals surface area contributed by atoms with Gasteiger partial charge < -0.3 is 9.42 Å². The molecule has 0 saturated carbocycles. The minimum atomic E-state index is -0.0867. The van der Waals surface area contributed by atoms with E-state index < -0.39 is 0 Å². The minimum Gasteiger partial charge on any atom is -0.347 e. The first-order valence-corrected chi connectivity index (χ1v) is 7.57. The molecule has 24 heavy (non-hydrogen) atoms. The highest BCUT2D eigenvalue weighted by atomic mass is 35.5. The summed E-state index contributed by atoms with van der Waals surface area (Å²) < 4.78 is 6.64. The van der Waals surface area contributed by atoms with E-state index in [0.717, 1.165) is 5.56 Å². The third-order valence-electron chi connectivity index (χ3n) is 3.33. The first kappa shape index (κ1) is 16.1. The normalized spacial score (nSPS) is 10.8. The molecule has 0 aliphatic heterocycles. The Bertz CT molecular complexity index is 857. The molecule has 0 fully saturated rings. The van der Waals surface area contributed by atoms with Crippen molar-refractivity contribution in [2.75, 3.05) is 14.1 Å². The number of carbonyl (C=O) groups is 1. The fourth-order valence-corrected chi connectivity index (χ4v) is 2.20. The minimum absolute atomic E-state index is 0.0867. The third-order valence-corrected chi connectivity index (χ3v) is 3.70. The van der Waals surface area contributed by atoms with Crippen LogP contribution < -0.4 is 0 Å². The summed E-state index contributed by atoms with van der Waals surface area (Å²) in [6.07, 6.45) is 2.05. The van der Waals surface area contributed by atoms with Gasteiger partial charge in [-0.05, 0) is 11.6 Å². The number of hydrogen-bond acceptors (Lipinski definition) is 6. The third kappa shape index (κ3) is 3.60. The Balaban J connectivity index is 1.73. The van der Waals surface area contributed by atoms with Crippen molar-refractivity contribution in [3.8, 4) is 11.6 Å². The van der Waals surface area contributed by atoms with E-state index in [2.05, 4.69) is 20.5 Å². The Labute approximate surface area is 143 Å². The summed E-state index contributed by atoms with van der Waals surface area (Å²) in [4.78, 5) is 17.4. The summed E-state index contributed by atoms with van der Waals surface area (Å²) in [5.41, 5.74) is 1.33. The van der Waals surface area contributed by atoms with Crippen molar-refractivity contribution in [2.45, 2.75) is 13.0 Å². The topological polar surface area (TPSA) is 89.9 Å². The number of rotatable bonds is 5. The monoisotopic (exact) mass is 346 g/mol. The Morgan fingerprint density at radius 2 is 2.12 bits per heavy atom. The van der Waals surface area contributed by atoms with Crippen LogP contribution in [0.2, 0.25) is 5.02 Å². The molecule has 0 N–H and O–H groups in total. The summed E-state index contributed by atoms with van der Waals surface area (Å²) in [7, 11) is 3.36. The summed E-state index contributed by atoms with van der Waals surface area (Å²) in [5.74, 6) is 0.661. The Kier molecular flexibility index (Phi) is 4.57. The first-order chi connectivity index (χ1) is 11.5. The van der Waals surface area contributed by atoms with Crippen LogP contribution in [0.5, 0.6) is 0 Å². The van der Waals surface area contributed by atoms with Gasteiger partial charge in [-0.3, -0.25) is 4.79 Å². The van der Waals surface area contributed by atoms with Crippen LogP contribution in [0.15, 0.2) is 35.0 Å². The molecule has 124 valence electrons. The molecular weight excluding hydrogens is 332 g/mol. The standard InChI is InChI=1S/C15H15ClN6O2/c1-21(2)14(23)9-22-8-12(18-20-22)15-17-13(19-24-15)7-10-5-3-4-6-11(10)16/h3-6,8H,7,9H2,1-2H3. The first-order valence-electron chi connectivity index (χ1n) is 7.19. The van der Waals surface area contributed by atoms with E-state index in [9.17, 15) is 4.79 Å². The number of nitrogens with zero attached hydrogens (tertiary/aromatic N) is 6. The van der Waals surface area contributed by atoms with Gasteiger partial charge >= 0.3 is 0 Å². The molecule has 8 nitrogen and oxygen atoms in total. The van der Waals surface area contributed by atoms with Crippen LogP contribution in [-0.4, -0.2) is 50.0 Å². The van der Waals surface area contributed by atoms with Gasteiger partial charge in [0, 0.05) is 25.5 Å². The lowest BCUT2D eigenvalue weighted by atomic mass is 10.1. The maximum Gasteiger partial charge on any atom is 0.280 e. The number of carbonyl (C=O) groups excluding carboxylic acids is 1. The van der Waals surface area contributed by atoms with E-state index in [0.29, 0.717) is 23.0 Å². The molecule has 1 aromatic carbocycles. The van der Waals surface area contributed by atoms with Crippen molar-refractivity contribution < 1.29 is 9.32 Å². The summed E-state index contributed by atoms with van der Waals surface area (Å²) >= 11 is 6.13. The molecule has 2 aromatic heterocycles. The maximum absolute atomic E-state index is 11.7. The lowest BCUT2D eigenvalue weighted by molar-refractivity contribution is -0.129. The van der Waals surface area contributed by atoms with Crippen LogP contribution in [0.1, 0.15) is 11.4 Å². The molecule has 0 atom stereocenters. The lowest BCUT2D eigenvalue weighted by Gasteiger charge is -2.08. The number of aromatic nitrogens is 5. The van der Waals surface area contributed by atoms with E-state index in [1.807, 2.05) is 24.3 Å². The van der Waals surface area contributed by atoms with Crippen LogP contribution in [-0.2, 0) is 17.8 Å². The summed E-state index contributed by atoms with van der Waals surface area (Å²) in [6.45, 7) is 0.0978. The molecule has 0 aliphatic rings. The predicted molar refractivity (Wildman–Crippen MR) is 86.3 cm³/mol. The van der Waals surface area contributed by atoms with E-state index >= 15 is 0 Å². The Morgan fingerprint density at radius 3 is 2.88 bits per heavy atom. The number of halogens is 1. The maximum atomic E-state index is 11.7. The van der Waals surface area contributed by atoms with Crippen molar-refractivity contribution in [1.82, 2.24) is 30.0 Å². The van der Waals surface area contributed by atoms with Crippen LogP contribution >= 0.6 is 11.6 Å². The van der Waals surface area contributed by atoms with Crippen LogP contribution in [0, 0.1) is 0 Å². The van der Waals surface area contributed by atoms with Gasteiger partial charge in [0.15, 0.2) is 11.5 Å². The largest absolute Gasteiger partial charge is 0.347 e. The number of hydrogen-bond donors (Lipinski definition) is 0. The molecule has 0 unspecified atom stereocenters. The average molecular weight is 347 g/mol. The molecule has 2 heterocycles.